The summed E-state index contributed by atoms with van der Waals surface area (Å²) in [5.41, 5.74) is 0.984. The van der Waals surface area contributed by atoms with Crippen molar-refractivity contribution in [2.24, 2.45) is 0 Å². The van der Waals surface area contributed by atoms with Crippen LogP contribution < -0.4 is 5.32 Å². The van der Waals surface area contributed by atoms with Gasteiger partial charge in [-0.3, -0.25) is 0 Å². The molecule has 2 nitrogen and oxygen atoms in total. The van der Waals surface area contributed by atoms with Crippen LogP contribution in [0, 0.1) is 0 Å². The number of nitrogens with one attached hydrogen (secondary N) is 1. The second kappa shape index (κ2) is 4.86. The van der Waals surface area contributed by atoms with Crippen LogP contribution in [0.1, 0.15) is 22.7 Å². The largest absolute Gasteiger partial charge is 0.472 e. The third-order valence-electron chi connectivity index (χ3n) is 2.74. The summed E-state index contributed by atoms with van der Waals surface area (Å²) in [4.78, 5) is 0. The third kappa shape index (κ3) is 2.56. The molecule has 0 saturated heterocycles. The maximum absolute atomic E-state index is 12.4. The Kier molecular flexibility index (Phi) is 3.43. The van der Waals surface area contributed by atoms with E-state index in [1.807, 2.05) is 0 Å². The van der Waals surface area contributed by atoms with Crippen LogP contribution in [-0.4, -0.2) is 7.05 Å². The monoisotopic (exact) mass is 255 g/mol. The molecule has 1 aromatic carbocycles. The SMILES string of the molecule is CNC(c1ccc(C(F)(F)F)cc1)c1ccoc1. The third-order valence-corrected chi connectivity index (χ3v) is 2.74. The number of rotatable bonds is 3. The molecule has 2 rings (SSSR count). The summed E-state index contributed by atoms with van der Waals surface area (Å²) in [5.74, 6) is 0. The maximum atomic E-state index is 12.4. The first kappa shape index (κ1) is 12.7. The summed E-state index contributed by atoms with van der Waals surface area (Å²) in [5, 5.41) is 3.04. The van der Waals surface area contributed by atoms with Crippen LogP contribution >= 0.6 is 0 Å². The fraction of sp³-hybridized carbons (Fsp3) is 0.231. The molecule has 2 aromatic rings. The molecule has 5 heteroatoms. The minimum Gasteiger partial charge on any atom is -0.472 e. The zero-order chi connectivity index (χ0) is 13.2. The van der Waals surface area contributed by atoms with Gasteiger partial charge in [0.1, 0.15) is 0 Å². The lowest BCUT2D eigenvalue weighted by atomic mass is 10.00. The van der Waals surface area contributed by atoms with Crippen LogP contribution in [0.5, 0.6) is 0 Å². The molecule has 1 aromatic heterocycles. The molecule has 0 amide bonds. The Balaban J connectivity index is 2.28. The molecule has 0 fully saturated rings. The van der Waals surface area contributed by atoms with Crippen LogP contribution in [0.2, 0.25) is 0 Å². The van der Waals surface area contributed by atoms with Crippen molar-refractivity contribution in [3.63, 3.8) is 0 Å². The van der Waals surface area contributed by atoms with E-state index in [1.54, 1.807) is 19.4 Å². The molecule has 0 bridgehead atoms. The minimum absolute atomic E-state index is 0.175. The van der Waals surface area contributed by atoms with E-state index < -0.39 is 11.7 Å². The van der Waals surface area contributed by atoms with Crippen molar-refractivity contribution in [1.82, 2.24) is 5.32 Å². The van der Waals surface area contributed by atoms with Gasteiger partial charge < -0.3 is 9.73 Å². The Morgan fingerprint density at radius 3 is 2.17 bits per heavy atom. The number of hydrogen-bond acceptors (Lipinski definition) is 2. The van der Waals surface area contributed by atoms with E-state index in [4.69, 9.17) is 4.42 Å². The standard InChI is InChI=1S/C13H12F3NO/c1-17-12(10-6-7-18-8-10)9-2-4-11(5-3-9)13(14,15)16/h2-8,12,17H,1H3. The van der Waals surface area contributed by atoms with E-state index in [0.29, 0.717) is 0 Å². The lowest BCUT2D eigenvalue weighted by Gasteiger charge is -2.15. The summed E-state index contributed by atoms with van der Waals surface area (Å²) < 4.78 is 42.3. The summed E-state index contributed by atoms with van der Waals surface area (Å²) in [6.07, 6.45) is -1.20. The lowest BCUT2D eigenvalue weighted by molar-refractivity contribution is -0.137. The summed E-state index contributed by atoms with van der Waals surface area (Å²) in [6, 6.07) is 6.71. The summed E-state index contributed by atoms with van der Waals surface area (Å²) in [7, 11) is 1.75. The molecule has 18 heavy (non-hydrogen) atoms. The van der Waals surface area contributed by atoms with Crippen molar-refractivity contribution in [2.75, 3.05) is 7.05 Å². The second-order valence-electron chi connectivity index (χ2n) is 3.90. The molecule has 96 valence electrons. The maximum Gasteiger partial charge on any atom is 0.416 e. The predicted octanol–water partition coefficient (Wildman–Crippen LogP) is 3.61. The number of benzene rings is 1. The van der Waals surface area contributed by atoms with Gasteiger partial charge in [0.25, 0.3) is 0 Å². The zero-order valence-corrected chi connectivity index (χ0v) is 9.66. The highest BCUT2D eigenvalue weighted by molar-refractivity contribution is 5.32. The van der Waals surface area contributed by atoms with E-state index in [-0.39, 0.29) is 6.04 Å². The van der Waals surface area contributed by atoms with Crippen LogP contribution in [0.3, 0.4) is 0 Å². The number of furan rings is 1. The van der Waals surface area contributed by atoms with Gasteiger partial charge in [-0.1, -0.05) is 12.1 Å². The number of alkyl halides is 3. The predicted molar refractivity (Wildman–Crippen MR) is 61.1 cm³/mol. The summed E-state index contributed by atoms with van der Waals surface area (Å²) >= 11 is 0. The van der Waals surface area contributed by atoms with Crippen LogP contribution in [0.25, 0.3) is 0 Å². The van der Waals surface area contributed by atoms with Gasteiger partial charge in [-0.05, 0) is 30.8 Å². The fourth-order valence-corrected chi connectivity index (χ4v) is 1.83. The zero-order valence-electron chi connectivity index (χ0n) is 9.66. The molecule has 1 N–H and O–H groups in total. The number of hydrogen-bond donors (Lipinski definition) is 1. The summed E-state index contributed by atoms with van der Waals surface area (Å²) in [6.45, 7) is 0. The highest BCUT2D eigenvalue weighted by Gasteiger charge is 2.30. The normalized spacial score (nSPS) is 13.6. The Labute approximate surface area is 102 Å². The van der Waals surface area contributed by atoms with Gasteiger partial charge in [-0.2, -0.15) is 13.2 Å². The van der Waals surface area contributed by atoms with Gasteiger partial charge in [-0.25, -0.2) is 0 Å². The van der Waals surface area contributed by atoms with Gasteiger partial charge in [0, 0.05) is 5.56 Å². The molecule has 0 aliphatic rings. The minimum atomic E-state index is -4.30. The first-order valence-corrected chi connectivity index (χ1v) is 5.39. The quantitative estimate of drug-likeness (QED) is 0.906. The van der Waals surface area contributed by atoms with Gasteiger partial charge in [0.05, 0.1) is 24.1 Å². The first-order valence-electron chi connectivity index (χ1n) is 5.39. The molecule has 0 spiro atoms. The molecule has 0 aliphatic carbocycles. The van der Waals surface area contributed by atoms with Crippen LogP contribution in [-0.2, 0) is 6.18 Å². The van der Waals surface area contributed by atoms with Gasteiger partial charge in [-0.15, -0.1) is 0 Å². The van der Waals surface area contributed by atoms with Crippen molar-refractivity contribution in [3.8, 4) is 0 Å². The number of halogens is 3. The highest BCUT2D eigenvalue weighted by atomic mass is 19.4. The van der Waals surface area contributed by atoms with Gasteiger partial charge >= 0.3 is 6.18 Å². The Bertz CT molecular complexity index is 488. The molecule has 0 radical (unpaired) electrons. The molecule has 1 heterocycles. The lowest BCUT2D eigenvalue weighted by Crippen LogP contribution is -2.17. The Morgan fingerprint density at radius 2 is 1.72 bits per heavy atom. The van der Waals surface area contributed by atoms with Crippen molar-refractivity contribution in [2.45, 2.75) is 12.2 Å². The van der Waals surface area contributed by atoms with Crippen molar-refractivity contribution < 1.29 is 17.6 Å². The van der Waals surface area contributed by atoms with Crippen LogP contribution in [0.4, 0.5) is 13.2 Å². The molecular weight excluding hydrogens is 243 g/mol. The van der Waals surface area contributed by atoms with E-state index in [1.165, 1.54) is 18.4 Å². The molecule has 0 saturated carbocycles. The van der Waals surface area contributed by atoms with E-state index in [0.717, 1.165) is 23.3 Å². The fourth-order valence-electron chi connectivity index (χ4n) is 1.83. The topological polar surface area (TPSA) is 25.2 Å². The molecule has 1 atom stereocenters. The second-order valence-corrected chi connectivity index (χ2v) is 3.90. The van der Waals surface area contributed by atoms with Crippen molar-refractivity contribution >= 4 is 0 Å². The first-order chi connectivity index (χ1) is 8.52. The molecular formula is C13H12F3NO. The molecule has 1 unspecified atom stereocenters. The van der Waals surface area contributed by atoms with E-state index in [9.17, 15) is 13.2 Å². The highest BCUT2D eigenvalue weighted by Crippen LogP contribution is 2.30. The average molecular weight is 255 g/mol. The van der Waals surface area contributed by atoms with Gasteiger partial charge in [0.15, 0.2) is 0 Å². The van der Waals surface area contributed by atoms with Gasteiger partial charge in [0.2, 0.25) is 0 Å². The smallest absolute Gasteiger partial charge is 0.416 e. The van der Waals surface area contributed by atoms with Crippen molar-refractivity contribution in [1.29, 1.82) is 0 Å². The van der Waals surface area contributed by atoms with E-state index >= 15 is 0 Å². The van der Waals surface area contributed by atoms with E-state index in [2.05, 4.69) is 5.32 Å². The Morgan fingerprint density at radius 1 is 1.06 bits per heavy atom. The Hall–Kier alpha value is -1.75. The average Bonchev–Trinajstić information content (AvgIpc) is 2.83. The van der Waals surface area contributed by atoms with Crippen LogP contribution in [0.15, 0.2) is 47.3 Å². The molecule has 0 aliphatic heterocycles. The van der Waals surface area contributed by atoms with Crippen molar-refractivity contribution in [3.05, 3.63) is 59.5 Å².